The fraction of sp³-hybridized carbons (Fsp3) is 0.750. The summed E-state index contributed by atoms with van der Waals surface area (Å²) in [5, 5.41) is 9.79. The molecule has 0 saturated carbocycles. The van der Waals surface area contributed by atoms with Gasteiger partial charge in [0.25, 0.3) is 0 Å². The molecule has 0 atom stereocenters. The SMILES string of the molecule is O=C([O-])C1COC1. The first kappa shape index (κ1) is 4.59. The zero-order chi connectivity index (χ0) is 5.28. The summed E-state index contributed by atoms with van der Waals surface area (Å²) in [5.41, 5.74) is 0. The van der Waals surface area contributed by atoms with Crippen LogP contribution in [0.15, 0.2) is 0 Å². The molecule has 3 heteroatoms. The van der Waals surface area contributed by atoms with E-state index >= 15 is 0 Å². The quantitative estimate of drug-likeness (QED) is 0.399. The normalized spacial score (nSPS) is 21.1. The van der Waals surface area contributed by atoms with Crippen LogP contribution in [0.2, 0.25) is 0 Å². The highest BCUT2D eigenvalue weighted by atomic mass is 16.5. The molecule has 0 N–H and O–H groups in total. The van der Waals surface area contributed by atoms with E-state index in [2.05, 4.69) is 4.74 Å². The smallest absolute Gasteiger partial charge is 0.0569 e. The van der Waals surface area contributed by atoms with E-state index in [1.807, 2.05) is 0 Å². The lowest BCUT2D eigenvalue weighted by Gasteiger charge is -2.26. The van der Waals surface area contributed by atoms with Gasteiger partial charge in [0.1, 0.15) is 0 Å². The molecule has 0 aromatic heterocycles. The number of carboxylic acids is 1. The molecule has 3 nitrogen and oxygen atoms in total. The van der Waals surface area contributed by atoms with Gasteiger partial charge in [-0.15, -0.1) is 0 Å². The van der Waals surface area contributed by atoms with Crippen molar-refractivity contribution in [1.29, 1.82) is 0 Å². The number of carbonyl (C=O) groups excluding carboxylic acids is 1. The highest BCUT2D eigenvalue weighted by Gasteiger charge is 2.18. The molecular formula is C4H5O3-. The van der Waals surface area contributed by atoms with Crippen molar-refractivity contribution in [1.82, 2.24) is 0 Å². The third-order valence-corrected chi connectivity index (χ3v) is 0.971. The molecule has 40 valence electrons. The van der Waals surface area contributed by atoms with Gasteiger partial charge in [-0.25, -0.2) is 0 Å². The van der Waals surface area contributed by atoms with Crippen molar-refractivity contribution in [2.24, 2.45) is 5.92 Å². The number of rotatable bonds is 1. The van der Waals surface area contributed by atoms with Crippen molar-refractivity contribution in [3.63, 3.8) is 0 Å². The average Bonchev–Trinajstić information content (AvgIpc) is 1.23. The highest BCUT2D eigenvalue weighted by molar-refractivity contribution is 5.68. The standard InChI is InChI=1S/C4H6O3/c5-4(6)3-1-7-2-3/h3H,1-2H2,(H,5,6)/p-1. The monoisotopic (exact) mass is 101 g/mol. The van der Waals surface area contributed by atoms with Crippen molar-refractivity contribution >= 4 is 5.97 Å². The molecule has 1 fully saturated rings. The lowest BCUT2D eigenvalue weighted by Crippen LogP contribution is -2.43. The summed E-state index contributed by atoms with van der Waals surface area (Å²) in [6.07, 6.45) is 0. The van der Waals surface area contributed by atoms with E-state index in [1.165, 1.54) is 0 Å². The van der Waals surface area contributed by atoms with Crippen LogP contribution in [0.25, 0.3) is 0 Å². The Morgan fingerprint density at radius 3 is 2.29 bits per heavy atom. The van der Waals surface area contributed by atoms with Gasteiger partial charge >= 0.3 is 0 Å². The second-order valence-electron chi connectivity index (χ2n) is 1.55. The summed E-state index contributed by atoms with van der Waals surface area (Å²) in [6, 6.07) is 0. The van der Waals surface area contributed by atoms with E-state index in [-0.39, 0.29) is 5.92 Å². The fourth-order valence-corrected chi connectivity index (χ4v) is 0.372. The van der Waals surface area contributed by atoms with Crippen molar-refractivity contribution in [2.45, 2.75) is 0 Å². The number of hydrogen-bond donors (Lipinski definition) is 0. The molecule has 0 aromatic carbocycles. The fourth-order valence-electron chi connectivity index (χ4n) is 0.372. The van der Waals surface area contributed by atoms with Crippen LogP contribution in [-0.4, -0.2) is 19.2 Å². The Hall–Kier alpha value is -0.570. The molecule has 0 aromatic rings. The Kier molecular flexibility index (Phi) is 0.982. The minimum atomic E-state index is -0.994. The summed E-state index contributed by atoms with van der Waals surface area (Å²) >= 11 is 0. The Bertz CT molecular complexity index is 84.9. The molecule has 1 heterocycles. The third-order valence-electron chi connectivity index (χ3n) is 0.971. The van der Waals surface area contributed by atoms with Crippen LogP contribution in [0.1, 0.15) is 0 Å². The van der Waals surface area contributed by atoms with Gasteiger partial charge in [-0.05, 0) is 0 Å². The maximum absolute atomic E-state index is 9.79. The van der Waals surface area contributed by atoms with E-state index in [9.17, 15) is 9.90 Å². The first-order valence-corrected chi connectivity index (χ1v) is 2.09. The first-order valence-electron chi connectivity index (χ1n) is 2.09. The van der Waals surface area contributed by atoms with Crippen molar-refractivity contribution in [2.75, 3.05) is 13.2 Å². The molecule has 0 amide bonds. The predicted molar refractivity (Wildman–Crippen MR) is 19.3 cm³/mol. The first-order chi connectivity index (χ1) is 3.30. The second-order valence-corrected chi connectivity index (χ2v) is 1.55. The highest BCUT2D eigenvalue weighted by Crippen LogP contribution is 2.06. The molecule has 1 aliphatic rings. The minimum absolute atomic E-state index is 0.333. The Labute approximate surface area is 40.9 Å². The molecule has 7 heavy (non-hydrogen) atoms. The van der Waals surface area contributed by atoms with Crippen molar-refractivity contribution in [3.05, 3.63) is 0 Å². The van der Waals surface area contributed by atoms with Gasteiger partial charge < -0.3 is 14.6 Å². The molecule has 0 bridgehead atoms. The van der Waals surface area contributed by atoms with E-state index in [1.54, 1.807) is 0 Å². The summed E-state index contributed by atoms with van der Waals surface area (Å²) in [5.74, 6) is -1.33. The molecule has 0 spiro atoms. The lowest BCUT2D eigenvalue weighted by molar-refractivity contribution is -0.319. The summed E-state index contributed by atoms with van der Waals surface area (Å²) in [7, 11) is 0. The van der Waals surface area contributed by atoms with E-state index < -0.39 is 5.97 Å². The predicted octanol–water partition coefficient (Wildman–Crippen LogP) is -1.62. The summed E-state index contributed by atoms with van der Waals surface area (Å²) in [4.78, 5) is 9.79. The molecule has 0 radical (unpaired) electrons. The minimum Gasteiger partial charge on any atom is -0.550 e. The van der Waals surface area contributed by atoms with Crippen LogP contribution in [-0.2, 0) is 9.53 Å². The molecule has 1 aliphatic heterocycles. The van der Waals surface area contributed by atoms with Crippen molar-refractivity contribution in [3.8, 4) is 0 Å². The molecular weight excluding hydrogens is 96.0 g/mol. The number of ether oxygens (including phenoxy) is 1. The van der Waals surface area contributed by atoms with Crippen LogP contribution in [0.5, 0.6) is 0 Å². The Morgan fingerprint density at radius 1 is 1.71 bits per heavy atom. The van der Waals surface area contributed by atoms with Crippen LogP contribution < -0.4 is 5.11 Å². The maximum atomic E-state index is 9.79. The summed E-state index contributed by atoms with van der Waals surface area (Å²) < 4.78 is 4.58. The number of carboxylic acid groups (broad SMARTS) is 1. The summed E-state index contributed by atoms with van der Waals surface area (Å²) in [6.45, 7) is 0.671. The second kappa shape index (κ2) is 1.50. The van der Waals surface area contributed by atoms with Crippen LogP contribution in [0.3, 0.4) is 0 Å². The van der Waals surface area contributed by atoms with Gasteiger partial charge in [0.05, 0.1) is 13.2 Å². The largest absolute Gasteiger partial charge is 0.550 e. The lowest BCUT2D eigenvalue weighted by atomic mass is 10.1. The van der Waals surface area contributed by atoms with E-state index in [4.69, 9.17) is 0 Å². The molecule has 0 aliphatic carbocycles. The van der Waals surface area contributed by atoms with Gasteiger partial charge in [-0.2, -0.15) is 0 Å². The van der Waals surface area contributed by atoms with Gasteiger partial charge in [0.2, 0.25) is 0 Å². The van der Waals surface area contributed by atoms with Crippen LogP contribution >= 0.6 is 0 Å². The van der Waals surface area contributed by atoms with E-state index in [0.29, 0.717) is 13.2 Å². The number of aliphatic carboxylic acids is 1. The average molecular weight is 101 g/mol. The van der Waals surface area contributed by atoms with Gasteiger partial charge in [-0.3, -0.25) is 0 Å². The van der Waals surface area contributed by atoms with Gasteiger partial charge in [-0.1, -0.05) is 0 Å². The molecule has 1 saturated heterocycles. The Morgan fingerprint density at radius 2 is 2.29 bits per heavy atom. The zero-order valence-electron chi connectivity index (χ0n) is 3.72. The molecule has 1 rings (SSSR count). The zero-order valence-corrected chi connectivity index (χ0v) is 3.72. The maximum Gasteiger partial charge on any atom is 0.0569 e. The molecule has 0 unspecified atom stereocenters. The number of carbonyl (C=O) groups is 1. The van der Waals surface area contributed by atoms with Crippen molar-refractivity contribution < 1.29 is 14.6 Å². The van der Waals surface area contributed by atoms with E-state index in [0.717, 1.165) is 0 Å². The topological polar surface area (TPSA) is 49.4 Å². The number of hydrogen-bond acceptors (Lipinski definition) is 3. The van der Waals surface area contributed by atoms with Gasteiger partial charge in [0, 0.05) is 11.9 Å². The van der Waals surface area contributed by atoms with Gasteiger partial charge in [0.15, 0.2) is 0 Å². The van der Waals surface area contributed by atoms with Crippen LogP contribution in [0.4, 0.5) is 0 Å². The Balaban J connectivity index is 2.27. The van der Waals surface area contributed by atoms with Crippen LogP contribution in [0, 0.1) is 5.92 Å². The third kappa shape index (κ3) is 0.718.